The summed E-state index contributed by atoms with van der Waals surface area (Å²) in [5.41, 5.74) is 0.492. The number of H-pyrrole nitrogens is 2. The van der Waals surface area contributed by atoms with Gasteiger partial charge >= 0.3 is 5.69 Å². The Morgan fingerprint density at radius 2 is 2.13 bits per heavy atom. The standard InChI is InChI=1S/C16H17N3O4/c1-3-8(2)17-13(20)9-4-5-12-10(6-9)7-11-14(21)18-16(22)19-15(11)23-12/h4-6,8H,3,7H2,1-2H3,(H,17,20)(H2,18,19,21,22). The third-order valence-electron chi connectivity index (χ3n) is 3.89. The van der Waals surface area contributed by atoms with Gasteiger partial charge in [0, 0.05) is 23.6 Å². The first kappa shape index (κ1) is 15.1. The first-order chi connectivity index (χ1) is 11.0. The van der Waals surface area contributed by atoms with Crippen LogP contribution in [-0.4, -0.2) is 21.9 Å². The number of carbonyl (C=O) groups is 1. The normalized spacial score (nSPS) is 13.5. The van der Waals surface area contributed by atoms with E-state index in [0.29, 0.717) is 23.3 Å². The highest BCUT2D eigenvalue weighted by Gasteiger charge is 2.22. The molecule has 0 spiro atoms. The van der Waals surface area contributed by atoms with Gasteiger partial charge in [-0.1, -0.05) is 6.92 Å². The van der Waals surface area contributed by atoms with Gasteiger partial charge in [0.1, 0.15) is 5.75 Å². The zero-order valence-corrected chi connectivity index (χ0v) is 12.9. The Balaban J connectivity index is 1.93. The Hall–Kier alpha value is -2.83. The number of fused-ring (bicyclic) bond motifs is 2. The molecule has 0 bridgehead atoms. The number of rotatable bonds is 3. The first-order valence-corrected chi connectivity index (χ1v) is 7.45. The summed E-state index contributed by atoms with van der Waals surface area (Å²) in [4.78, 5) is 40.0. The minimum absolute atomic E-state index is 0.0865. The van der Waals surface area contributed by atoms with E-state index >= 15 is 0 Å². The molecule has 23 heavy (non-hydrogen) atoms. The summed E-state index contributed by atoms with van der Waals surface area (Å²) < 4.78 is 5.57. The monoisotopic (exact) mass is 315 g/mol. The molecule has 1 amide bonds. The maximum Gasteiger partial charge on any atom is 0.328 e. The number of amides is 1. The van der Waals surface area contributed by atoms with Crippen LogP contribution in [0.15, 0.2) is 27.8 Å². The van der Waals surface area contributed by atoms with Crippen molar-refractivity contribution >= 4 is 5.91 Å². The predicted molar refractivity (Wildman–Crippen MR) is 84.2 cm³/mol. The third kappa shape index (κ3) is 2.90. The highest BCUT2D eigenvalue weighted by molar-refractivity contribution is 5.94. The lowest BCUT2D eigenvalue weighted by atomic mass is 10.0. The van der Waals surface area contributed by atoms with Crippen LogP contribution in [0.25, 0.3) is 0 Å². The summed E-state index contributed by atoms with van der Waals surface area (Å²) in [6, 6.07) is 5.12. The maximum atomic E-state index is 12.2. The summed E-state index contributed by atoms with van der Waals surface area (Å²) in [5, 5.41) is 2.90. The Morgan fingerprint density at radius 1 is 1.35 bits per heavy atom. The molecule has 7 heteroatoms. The molecular formula is C16H17N3O4. The number of aromatic amines is 2. The molecule has 0 radical (unpaired) electrons. The summed E-state index contributed by atoms with van der Waals surface area (Å²) in [5.74, 6) is 0.519. The molecular weight excluding hydrogens is 298 g/mol. The second-order valence-corrected chi connectivity index (χ2v) is 5.60. The van der Waals surface area contributed by atoms with E-state index in [4.69, 9.17) is 4.74 Å². The molecule has 120 valence electrons. The van der Waals surface area contributed by atoms with Gasteiger partial charge in [0.25, 0.3) is 11.5 Å². The average molecular weight is 315 g/mol. The number of carbonyl (C=O) groups excluding carboxylic acids is 1. The molecule has 1 aromatic heterocycles. The zero-order chi connectivity index (χ0) is 16.6. The average Bonchev–Trinajstić information content (AvgIpc) is 2.52. The van der Waals surface area contributed by atoms with Crippen molar-refractivity contribution in [1.29, 1.82) is 0 Å². The lowest BCUT2D eigenvalue weighted by molar-refractivity contribution is 0.0939. The first-order valence-electron chi connectivity index (χ1n) is 7.45. The molecule has 3 rings (SSSR count). The number of hydrogen-bond acceptors (Lipinski definition) is 4. The van der Waals surface area contributed by atoms with Crippen molar-refractivity contribution in [3.63, 3.8) is 0 Å². The molecule has 1 aromatic carbocycles. The summed E-state index contributed by atoms with van der Waals surface area (Å²) in [6.45, 7) is 3.93. The van der Waals surface area contributed by atoms with Crippen LogP contribution >= 0.6 is 0 Å². The molecule has 0 saturated carbocycles. The second-order valence-electron chi connectivity index (χ2n) is 5.60. The molecule has 1 aliphatic heterocycles. The van der Waals surface area contributed by atoms with Gasteiger partial charge in [-0.25, -0.2) is 4.79 Å². The predicted octanol–water partition coefficient (Wildman–Crippen LogP) is 1.29. The van der Waals surface area contributed by atoms with Crippen molar-refractivity contribution < 1.29 is 9.53 Å². The van der Waals surface area contributed by atoms with Crippen LogP contribution in [-0.2, 0) is 6.42 Å². The maximum absolute atomic E-state index is 12.2. The summed E-state index contributed by atoms with van der Waals surface area (Å²) in [6.07, 6.45) is 1.14. The van der Waals surface area contributed by atoms with Crippen LogP contribution in [0.1, 0.15) is 41.8 Å². The number of nitrogens with one attached hydrogen (secondary N) is 3. The Labute approximate surface area is 131 Å². The minimum Gasteiger partial charge on any atom is -0.440 e. The van der Waals surface area contributed by atoms with E-state index in [0.717, 1.165) is 12.0 Å². The van der Waals surface area contributed by atoms with Gasteiger partial charge in [0.2, 0.25) is 5.88 Å². The Kier molecular flexibility index (Phi) is 3.77. The van der Waals surface area contributed by atoms with Gasteiger partial charge in [-0.3, -0.25) is 19.6 Å². The third-order valence-corrected chi connectivity index (χ3v) is 3.89. The van der Waals surface area contributed by atoms with Crippen LogP contribution in [0.5, 0.6) is 11.6 Å². The topological polar surface area (TPSA) is 104 Å². The van der Waals surface area contributed by atoms with Crippen LogP contribution in [0, 0.1) is 0 Å². The van der Waals surface area contributed by atoms with E-state index in [2.05, 4.69) is 15.3 Å². The molecule has 0 fully saturated rings. The van der Waals surface area contributed by atoms with Crippen molar-refractivity contribution in [1.82, 2.24) is 15.3 Å². The van der Waals surface area contributed by atoms with Crippen molar-refractivity contribution in [3.05, 3.63) is 55.7 Å². The van der Waals surface area contributed by atoms with E-state index < -0.39 is 11.2 Å². The molecule has 1 atom stereocenters. The van der Waals surface area contributed by atoms with Crippen LogP contribution < -0.4 is 21.3 Å². The van der Waals surface area contributed by atoms with Crippen LogP contribution in [0.3, 0.4) is 0 Å². The fraction of sp³-hybridized carbons (Fsp3) is 0.312. The zero-order valence-electron chi connectivity index (χ0n) is 12.9. The molecule has 1 unspecified atom stereocenters. The number of aromatic nitrogens is 2. The van der Waals surface area contributed by atoms with Crippen LogP contribution in [0.2, 0.25) is 0 Å². The van der Waals surface area contributed by atoms with E-state index in [1.807, 2.05) is 13.8 Å². The van der Waals surface area contributed by atoms with Gasteiger partial charge in [-0.2, -0.15) is 0 Å². The van der Waals surface area contributed by atoms with Crippen LogP contribution in [0.4, 0.5) is 0 Å². The molecule has 0 saturated heterocycles. The lowest BCUT2D eigenvalue weighted by Crippen LogP contribution is -2.32. The summed E-state index contributed by atoms with van der Waals surface area (Å²) in [7, 11) is 0. The summed E-state index contributed by atoms with van der Waals surface area (Å²) >= 11 is 0. The number of benzene rings is 1. The molecule has 1 aliphatic rings. The van der Waals surface area contributed by atoms with Gasteiger partial charge in [-0.05, 0) is 31.5 Å². The fourth-order valence-corrected chi connectivity index (χ4v) is 2.41. The number of hydrogen-bond donors (Lipinski definition) is 3. The molecule has 7 nitrogen and oxygen atoms in total. The number of ether oxygens (including phenoxy) is 1. The van der Waals surface area contributed by atoms with Gasteiger partial charge in [0.05, 0.1) is 5.56 Å². The minimum atomic E-state index is -0.609. The highest BCUT2D eigenvalue weighted by atomic mass is 16.5. The SMILES string of the molecule is CCC(C)NC(=O)c1ccc2c(c1)Cc1c([nH]c(=O)[nH]c1=O)O2. The molecule has 3 N–H and O–H groups in total. The van der Waals surface area contributed by atoms with E-state index in [1.54, 1.807) is 18.2 Å². The van der Waals surface area contributed by atoms with Gasteiger partial charge < -0.3 is 10.1 Å². The second kappa shape index (κ2) is 5.75. The van der Waals surface area contributed by atoms with Crippen molar-refractivity contribution in [3.8, 4) is 11.6 Å². The molecule has 2 heterocycles. The van der Waals surface area contributed by atoms with Gasteiger partial charge in [-0.15, -0.1) is 0 Å². The van der Waals surface area contributed by atoms with E-state index in [9.17, 15) is 14.4 Å². The highest BCUT2D eigenvalue weighted by Crippen LogP contribution is 2.33. The molecule has 0 aliphatic carbocycles. The quantitative estimate of drug-likeness (QED) is 0.677. The smallest absolute Gasteiger partial charge is 0.328 e. The van der Waals surface area contributed by atoms with Gasteiger partial charge in [0.15, 0.2) is 0 Å². The van der Waals surface area contributed by atoms with Crippen molar-refractivity contribution in [2.24, 2.45) is 0 Å². The van der Waals surface area contributed by atoms with E-state index in [-0.39, 0.29) is 17.8 Å². The Morgan fingerprint density at radius 3 is 2.87 bits per heavy atom. The molecule has 2 aromatic rings. The fourth-order valence-electron chi connectivity index (χ4n) is 2.41. The van der Waals surface area contributed by atoms with Crippen molar-refractivity contribution in [2.45, 2.75) is 32.7 Å². The lowest BCUT2D eigenvalue weighted by Gasteiger charge is -2.19. The Bertz CT molecular complexity index is 882. The van der Waals surface area contributed by atoms with E-state index in [1.165, 1.54) is 0 Å². The van der Waals surface area contributed by atoms with Crippen molar-refractivity contribution in [2.75, 3.05) is 0 Å². The largest absolute Gasteiger partial charge is 0.440 e.